The topological polar surface area (TPSA) is 66.6 Å². The quantitative estimate of drug-likeness (QED) is 0.622. The van der Waals surface area contributed by atoms with E-state index in [1.165, 1.54) is 0 Å². The minimum absolute atomic E-state index is 0.166. The van der Waals surface area contributed by atoms with Gasteiger partial charge in [-0.1, -0.05) is 6.92 Å². The fraction of sp³-hybridized carbons (Fsp3) is 0.889. The van der Waals surface area contributed by atoms with Crippen LogP contribution in [0.25, 0.3) is 0 Å². The molecule has 4 nitrogen and oxygen atoms in total. The van der Waals surface area contributed by atoms with E-state index in [-0.39, 0.29) is 5.91 Å². The van der Waals surface area contributed by atoms with E-state index in [0.717, 1.165) is 0 Å². The number of piperidine rings is 1. The Morgan fingerprint density at radius 1 is 1.54 bits per heavy atom. The molecule has 1 saturated heterocycles. The van der Waals surface area contributed by atoms with Gasteiger partial charge in [0.2, 0.25) is 5.91 Å². The molecule has 76 valence electrons. The van der Waals surface area contributed by atoms with Crippen LogP contribution in [-0.4, -0.2) is 41.1 Å². The van der Waals surface area contributed by atoms with Crippen molar-refractivity contribution in [3.63, 3.8) is 0 Å². The van der Waals surface area contributed by atoms with Crippen LogP contribution in [0.1, 0.15) is 26.2 Å². The number of carbonyl (C=O) groups is 1. The van der Waals surface area contributed by atoms with Gasteiger partial charge in [0.05, 0.1) is 5.60 Å². The molecule has 13 heavy (non-hydrogen) atoms. The summed E-state index contributed by atoms with van der Waals surface area (Å²) in [5.74, 6) is 0.166. The van der Waals surface area contributed by atoms with Gasteiger partial charge in [0, 0.05) is 26.1 Å². The second-order valence-electron chi connectivity index (χ2n) is 3.66. The summed E-state index contributed by atoms with van der Waals surface area (Å²) >= 11 is 0. The maximum absolute atomic E-state index is 11.3. The molecule has 0 aromatic rings. The maximum Gasteiger partial charge on any atom is 0.222 e. The monoisotopic (exact) mass is 186 g/mol. The molecule has 0 aromatic heterocycles. The summed E-state index contributed by atoms with van der Waals surface area (Å²) in [7, 11) is 0. The molecule has 1 heterocycles. The Morgan fingerprint density at radius 3 is 2.46 bits per heavy atom. The van der Waals surface area contributed by atoms with Gasteiger partial charge in [0.15, 0.2) is 0 Å². The first-order valence-electron chi connectivity index (χ1n) is 4.81. The zero-order valence-corrected chi connectivity index (χ0v) is 8.12. The van der Waals surface area contributed by atoms with Gasteiger partial charge in [-0.3, -0.25) is 4.79 Å². The fourth-order valence-electron chi connectivity index (χ4n) is 1.60. The average Bonchev–Trinajstić information content (AvgIpc) is 2.18. The predicted octanol–water partition coefficient (Wildman–Crippen LogP) is -0.291. The molecule has 1 fully saturated rings. The molecule has 0 radical (unpaired) electrons. The Balaban J connectivity index is 2.43. The highest BCUT2D eigenvalue weighted by atomic mass is 16.3. The molecule has 3 N–H and O–H groups in total. The summed E-state index contributed by atoms with van der Waals surface area (Å²) in [5.41, 5.74) is 4.71. The van der Waals surface area contributed by atoms with Gasteiger partial charge < -0.3 is 15.7 Å². The van der Waals surface area contributed by atoms with Gasteiger partial charge in [-0.2, -0.15) is 0 Å². The highest BCUT2D eigenvalue weighted by Gasteiger charge is 2.31. The molecule has 1 aliphatic heterocycles. The Labute approximate surface area is 78.7 Å². The second kappa shape index (κ2) is 4.07. The normalized spacial score (nSPS) is 21.6. The van der Waals surface area contributed by atoms with Gasteiger partial charge >= 0.3 is 0 Å². The lowest BCUT2D eigenvalue weighted by Crippen LogP contribution is -2.50. The summed E-state index contributed by atoms with van der Waals surface area (Å²) in [5, 5.41) is 9.79. The van der Waals surface area contributed by atoms with Crippen molar-refractivity contribution < 1.29 is 9.90 Å². The molecule has 1 amide bonds. The van der Waals surface area contributed by atoms with Crippen molar-refractivity contribution >= 4 is 5.91 Å². The van der Waals surface area contributed by atoms with E-state index in [0.29, 0.717) is 38.9 Å². The molecular formula is C9H18N2O2. The number of hydrogen-bond donors (Lipinski definition) is 2. The lowest BCUT2D eigenvalue weighted by Gasteiger charge is -2.37. The zero-order valence-electron chi connectivity index (χ0n) is 8.12. The molecule has 0 saturated carbocycles. The third-order valence-corrected chi connectivity index (χ3v) is 2.73. The number of nitrogens with two attached hydrogens (primary N) is 1. The van der Waals surface area contributed by atoms with Crippen LogP contribution in [0.5, 0.6) is 0 Å². The molecule has 0 aliphatic carbocycles. The van der Waals surface area contributed by atoms with Crippen LogP contribution in [0.4, 0.5) is 0 Å². The number of nitrogens with zero attached hydrogens (tertiary/aromatic N) is 1. The van der Waals surface area contributed by atoms with E-state index < -0.39 is 5.60 Å². The largest absolute Gasteiger partial charge is 0.388 e. The average molecular weight is 186 g/mol. The van der Waals surface area contributed by atoms with Crippen LogP contribution in [0, 0.1) is 0 Å². The highest BCUT2D eigenvalue weighted by Crippen LogP contribution is 2.20. The van der Waals surface area contributed by atoms with Crippen LogP contribution in [0.2, 0.25) is 0 Å². The Bertz CT molecular complexity index is 186. The van der Waals surface area contributed by atoms with Gasteiger partial charge in [0.1, 0.15) is 0 Å². The summed E-state index contributed by atoms with van der Waals surface area (Å²) < 4.78 is 0. The maximum atomic E-state index is 11.3. The van der Waals surface area contributed by atoms with Crippen molar-refractivity contribution in [2.24, 2.45) is 5.73 Å². The van der Waals surface area contributed by atoms with Crippen molar-refractivity contribution in [2.45, 2.75) is 31.8 Å². The molecule has 0 spiro atoms. The van der Waals surface area contributed by atoms with Gasteiger partial charge in [-0.25, -0.2) is 0 Å². The number of aliphatic hydroxyl groups is 1. The summed E-state index contributed by atoms with van der Waals surface area (Å²) in [4.78, 5) is 13.1. The zero-order chi connectivity index (χ0) is 9.90. The van der Waals surface area contributed by atoms with Gasteiger partial charge in [0.25, 0.3) is 0 Å². The SMILES string of the molecule is CCC(=O)N1CCC(O)(CN)CC1. The summed E-state index contributed by atoms with van der Waals surface area (Å²) in [6.45, 7) is 3.42. The minimum Gasteiger partial charge on any atom is -0.388 e. The molecule has 1 aliphatic rings. The lowest BCUT2D eigenvalue weighted by atomic mass is 9.91. The van der Waals surface area contributed by atoms with Crippen molar-refractivity contribution in [1.82, 2.24) is 4.90 Å². The molecule has 0 aromatic carbocycles. The Morgan fingerprint density at radius 2 is 2.08 bits per heavy atom. The number of rotatable bonds is 2. The van der Waals surface area contributed by atoms with Crippen LogP contribution >= 0.6 is 0 Å². The van der Waals surface area contributed by atoms with Crippen molar-refractivity contribution in [3.8, 4) is 0 Å². The van der Waals surface area contributed by atoms with E-state index in [2.05, 4.69) is 0 Å². The van der Waals surface area contributed by atoms with Crippen molar-refractivity contribution in [1.29, 1.82) is 0 Å². The lowest BCUT2D eigenvalue weighted by molar-refractivity contribution is -0.134. The van der Waals surface area contributed by atoms with E-state index in [1.54, 1.807) is 4.90 Å². The molecule has 4 heteroatoms. The van der Waals surface area contributed by atoms with Crippen LogP contribution in [0.3, 0.4) is 0 Å². The number of amides is 1. The van der Waals surface area contributed by atoms with Crippen molar-refractivity contribution in [3.05, 3.63) is 0 Å². The van der Waals surface area contributed by atoms with Gasteiger partial charge in [-0.15, -0.1) is 0 Å². The minimum atomic E-state index is -0.732. The summed E-state index contributed by atoms with van der Waals surface area (Å²) in [6, 6.07) is 0. The molecule has 0 unspecified atom stereocenters. The summed E-state index contributed by atoms with van der Waals surface area (Å²) in [6.07, 6.45) is 1.76. The first-order chi connectivity index (χ1) is 6.11. The van der Waals surface area contributed by atoms with E-state index >= 15 is 0 Å². The fourth-order valence-corrected chi connectivity index (χ4v) is 1.60. The molecule has 1 rings (SSSR count). The third-order valence-electron chi connectivity index (χ3n) is 2.73. The Hall–Kier alpha value is -0.610. The van der Waals surface area contributed by atoms with Crippen LogP contribution in [0.15, 0.2) is 0 Å². The highest BCUT2D eigenvalue weighted by molar-refractivity contribution is 5.75. The van der Waals surface area contributed by atoms with Crippen LogP contribution < -0.4 is 5.73 Å². The predicted molar refractivity (Wildman–Crippen MR) is 50.1 cm³/mol. The standard InChI is InChI=1S/C9H18N2O2/c1-2-8(12)11-5-3-9(13,7-10)4-6-11/h13H,2-7,10H2,1H3. The Kier molecular flexibility index (Phi) is 3.27. The number of carbonyl (C=O) groups excluding carboxylic acids is 1. The molecule has 0 atom stereocenters. The van der Waals surface area contributed by atoms with Crippen LogP contribution in [-0.2, 0) is 4.79 Å². The first kappa shape index (κ1) is 10.5. The second-order valence-corrected chi connectivity index (χ2v) is 3.66. The third kappa shape index (κ3) is 2.42. The van der Waals surface area contributed by atoms with Gasteiger partial charge in [-0.05, 0) is 12.8 Å². The van der Waals surface area contributed by atoms with E-state index in [4.69, 9.17) is 5.73 Å². The molecular weight excluding hydrogens is 168 g/mol. The van der Waals surface area contributed by atoms with E-state index in [1.807, 2.05) is 6.92 Å². The van der Waals surface area contributed by atoms with E-state index in [9.17, 15) is 9.90 Å². The molecule has 0 bridgehead atoms. The van der Waals surface area contributed by atoms with Crippen molar-refractivity contribution in [2.75, 3.05) is 19.6 Å². The number of hydrogen-bond acceptors (Lipinski definition) is 3. The smallest absolute Gasteiger partial charge is 0.222 e. The first-order valence-corrected chi connectivity index (χ1v) is 4.81. The number of likely N-dealkylation sites (tertiary alicyclic amines) is 1.